The van der Waals surface area contributed by atoms with Gasteiger partial charge in [-0.1, -0.05) is 0 Å². The van der Waals surface area contributed by atoms with Crippen molar-refractivity contribution in [1.29, 1.82) is 0 Å². The molecule has 1 aromatic rings. The van der Waals surface area contributed by atoms with Gasteiger partial charge in [0.05, 0.1) is 18.2 Å². The zero-order valence-electron chi connectivity index (χ0n) is 12.6. The summed E-state index contributed by atoms with van der Waals surface area (Å²) in [5.74, 6) is 0.402. The molecule has 2 unspecified atom stereocenters. The highest BCUT2D eigenvalue weighted by molar-refractivity contribution is 7.12. The van der Waals surface area contributed by atoms with E-state index in [2.05, 4.69) is 30.5 Å². The predicted octanol–water partition coefficient (Wildman–Crippen LogP) is 2.89. The summed E-state index contributed by atoms with van der Waals surface area (Å²) in [6.07, 6.45) is 2.16. The van der Waals surface area contributed by atoms with Gasteiger partial charge < -0.3 is 15.7 Å². The highest BCUT2D eigenvalue weighted by atomic mass is 32.1. The Hall–Kier alpha value is -1.07. The zero-order valence-corrected chi connectivity index (χ0v) is 13.4. The van der Waals surface area contributed by atoms with Crippen LogP contribution in [0.2, 0.25) is 0 Å². The van der Waals surface area contributed by atoms with Crippen LogP contribution < -0.4 is 10.6 Å². The van der Waals surface area contributed by atoms with Gasteiger partial charge in [-0.3, -0.25) is 0 Å². The Morgan fingerprint density at radius 1 is 1.55 bits per heavy atom. The molecule has 1 saturated carbocycles. The third kappa shape index (κ3) is 3.33. The van der Waals surface area contributed by atoms with Crippen molar-refractivity contribution >= 4 is 17.4 Å². The number of aryl methyl sites for hydroxylation is 2. The standard InChI is InChI=1S/C15H24N2O2S/c1-9-7-13(11(3)20-9)10(2)16-14(19)17-15(4,8-18)12-5-6-12/h7,10,12,18H,5-6,8H2,1-4H3,(H2,16,17,19). The van der Waals surface area contributed by atoms with E-state index in [9.17, 15) is 9.90 Å². The monoisotopic (exact) mass is 296 g/mol. The molecular formula is C15H24N2O2S. The van der Waals surface area contributed by atoms with Gasteiger partial charge in [0.2, 0.25) is 0 Å². The average molecular weight is 296 g/mol. The second kappa shape index (κ2) is 5.74. The lowest BCUT2D eigenvalue weighted by Gasteiger charge is -2.29. The SMILES string of the molecule is Cc1cc(C(C)NC(=O)NC(C)(CO)C2CC2)c(C)s1. The number of hydrogen-bond donors (Lipinski definition) is 3. The van der Waals surface area contributed by atoms with Crippen molar-refractivity contribution in [2.45, 2.75) is 52.1 Å². The van der Waals surface area contributed by atoms with Crippen LogP contribution in [-0.4, -0.2) is 23.3 Å². The van der Waals surface area contributed by atoms with E-state index < -0.39 is 5.54 Å². The topological polar surface area (TPSA) is 61.4 Å². The maximum atomic E-state index is 12.1. The smallest absolute Gasteiger partial charge is 0.315 e. The largest absolute Gasteiger partial charge is 0.394 e. The lowest BCUT2D eigenvalue weighted by atomic mass is 9.97. The lowest BCUT2D eigenvalue weighted by molar-refractivity contribution is 0.154. The molecule has 1 fully saturated rings. The molecule has 3 N–H and O–H groups in total. The molecule has 0 radical (unpaired) electrons. The van der Waals surface area contributed by atoms with Crippen molar-refractivity contribution in [3.63, 3.8) is 0 Å². The normalized spacial score (nSPS) is 19.2. The van der Waals surface area contributed by atoms with Crippen molar-refractivity contribution < 1.29 is 9.90 Å². The number of aliphatic hydroxyl groups excluding tert-OH is 1. The van der Waals surface area contributed by atoms with E-state index >= 15 is 0 Å². The summed E-state index contributed by atoms with van der Waals surface area (Å²) in [5.41, 5.74) is 0.670. The Morgan fingerprint density at radius 2 is 2.20 bits per heavy atom. The van der Waals surface area contributed by atoms with Crippen LogP contribution in [0.5, 0.6) is 0 Å². The summed E-state index contributed by atoms with van der Waals surface area (Å²) >= 11 is 1.75. The minimum atomic E-state index is -0.497. The predicted molar refractivity (Wildman–Crippen MR) is 82.1 cm³/mol. The highest BCUT2D eigenvalue weighted by Crippen LogP contribution is 2.39. The van der Waals surface area contributed by atoms with Crippen LogP contribution in [0.25, 0.3) is 0 Å². The number of urea groups is 1. The van der Waals surface area contributed by atoms with E-state index in [1.165, 1.54) is 15.3 Å². The molecule has 1 aliphatic carbocycles. The van der Waals surface area contributed by atoms with Crippen LogP contribution in [0.15, 0.2) is 6.07 Å². The minimum absolute atomic E-state index is 0.0178. The maximum Gasteiger partial charge on any atom is 0.315 e. The van der Waals surface area contributed by atoms with E-state index in [1.807, 2.05) is 13.8 Å². The van der Waals surface area contributed by atoms with Gasteiger partial charge in [0.15, 0.2) is 0 Å². The second-order valence-corrected chi connectivity index (χ2v) is 7.50. The number of rotatable bonds is 5. The fourth-order valence-corrected chi connectivity index (χ4v) is 3.66. The molecule has 0 saturated heterocycles. The number of carbonyl (C=O) groups is 1. The molecule has 2 amide bonds. The summed E-state index contributed by atoms with van der Waals surface area (Å²) in [4.78, 5) is 14.6. The first-order valence-electron chi connectivity index (χ1n) is 7.12. The Kier molecular flexibility index (Phi) is 4.39. The molecule has 112 valence electrons. The fraction of sp³-hybridized carbons (Fsp3) is 0.667. The van der Waals surface area contributed by atoms with Gasteiger partial charge in [-0.25, -0.2) is 4.79 Å². The van der Waals surface area contributed by atoms with Crippen LogP contribution in [0.1, 0.15) is 48.0 Å². The van der Waals surface area contributed by atoms with E-state index in [1.54, 1.807) is 11.3 Å². The molecule has 1 aromatic heterocycles. The first-order valence-corrected chi connectivity index (χ1v) is 7.94. The van der Waals surface area contributed by atoms with E-state index in [-0.39, 0.29) is 18.7 Å². The molecule has 5 heteroatoms. The molecule has 20 heavy (non-hydrogen) atoms. The summed E-state index contributed by atoms with van der Waals surface area (Å²) in [6, 6.07) is 1.89. The van der Waals surface area contributed by atoms with Crippen LogP contribution in [0, 0.1) is 19.8 Å². The number of nitrogens with one attached hydrogen (secondary N) is 2. The molecule has 0 aliphatic heterocycles. The molecule has 4 nitrogen and oxygen atoms in total. The summed E-state index contributed by atoms with van der Waals surface area (Å²) in [6.45, 7) is 8.03. The average Bonchev–Trinajstić information content (AvgIpc) is 3.15. The third-order valence-corrected chi connectivity index (χ3v) is 5.08. The maximum absolute atomic E-state index is 12.1. The van der Waals surface area contributed by atoms with Gasteiger partial charge in [0, 0.05) is 9.75 Å². The molecular weight excluding hydrogens is 272 g/mol. The Balaban J connectivity index is 1.95. The van der Waals surface area contributed by atoms with Crippen LogP contribution in [0.3, 0.4) is 0 Å². The molecule has 2 atom stereocenters. The molecule has 1 heterocycles. The Morgan fingerprint density at radius 3 is 2.65 bits per heavy atom. The zero-order chi connectivity index (χ0) is 14.9. The molecule has 0 spiro atoms. The van der Waals surface area contributed by atoms with Crippen molar-refractivity contribution in [2.75, 3.05) is 6.61 Å². The van der Waals surface area contributed by atoms with Gasteiger partial charge in [0.1, 0.15) is 0 Å². The van der Waals surface area contributed by atoms with Gasteiger partial charge in [-0.15, -0.1) is 11.3 Å². The molecule has 0 aromatic carbocycles. The van der Waals surface area contributed by atoms with Gasteiger partial charge in [-0.2, -0.15) is 0 Å². The summed E-state index contributed by atoms with van der Waals surface area (Å²) < 4.78 is 0. The van der Waals surface area contributed by atoms with Gasteiger partial charge in [-0.05, 0) is 58.1 Å². The van der Waals surface area contributed by atoms with Gasteiger partial charge in [0.25, 0.3) is 0 Å². The third-order valence-electron chi connectivity index (χ3n) is 4.10. The summed E-state index contributed by atoms with van der Waals surface area (Å²) in [7, 11) is 0. The molecule has 2 rings (SSSR count). The van der Waals surface area contributed by atoms with E-state index in [0.29, 0.717) is 5.92 Å². The Labute approximate surface area is 124 Å². The van der Waals surface area contributed by atoms with E-state index in [0.717, 1.165) is 12.8 Å². The quantitative estimate of drug-likeness (QED) is 0.782. The van der Waals surface area contributed by atoms with Crippen molar-refractivity contribution in [2.24, 2.45) is 5.92 Å². The fourth-order valence-electron chi connectivity index (χ4n) is 2.64. The molecule has 0 bridgehead atoms. The van der Waals surface area contributed by atoms with Crippen molar-refractivity contribution in [3.8, 4) is 0 Å². The Bertz CT molecular complexity index is 496. The first-order chi connectivity index (χ1) is 9.35. The van der Waals surface area contributed by atoms with E-state index in [4.69, 9.17) is 0 Å². The molecule has 1 aliphatic rings. The number of amides is 2. The highest BCUT2D eigenvalue weighted by Gasteiger charge is 2.42. The van der Waals surface area contributed by atoms with Crippen LogP contribution in [-0.2, 0) is 0 Å². The minimum Gasteiger partial charge on any atom is -0.394 e. The number of carbonyl (C=O) groups excluding carboxylic acids is 1. The van der Waals surface area contributed by atoms with Crippen LogP contribution >= 0.6 is 11.3 Å². The van der Waals surface area contributed by atoms with Crippen molar-refractivity contribution in [1.82, 2.24) is 10.6 Å². The number of hydrogen-bond acceptors (Lipinski definition) is 3. The summed E-state index contributed by atoms with van der Waals surface area (Å²) in [5, 5.41) is 15.4. The second-order valence-electron chi connectivity index (χ2n) is 6.04. The first kappa shape index (κ1) is 15.3. The number of aliphatic hydroxyl groups is 1. The number of thiophene rings is 1. The lowest BCUT2D eigenvalue weighted by Crippen LogP contribution is -2.54. The van der Waals surface area contributed by atoms with Gasteiger partial charge >= 0.3 is 6.03 Å². The van der Waals surface area contributed by atoms with Crippen molar-refractivity contribution in [3.05, 3.63) is 21.4 Å². The van der Waals surface area contributed by atoms with Crippen LogP contribution in [0.4, 0.5) is 4.79 Å².